The molecule has 1 unspecified atom stereocenters. The summed E-state index contributed by atoms with van der Waals surface area (Å²) < 4.78 is 41.4. The minimum Gasteiger partial charge on any atom is -0.439 e. The minimum absolute atomic E-state index is 0.0814. The zero-order valence-corrected chi connectivity index (χ0v) is 9.27. The molecule has 1 heterocycles. The van der Waals surface area contributed by atoms with Gasteiger partial charge in [0.15, 0.2) is 0 Å². The molecule has 17 heavy (non-hydrogen) atoms. The van der Waals surface area contributed by atoms with Crippen LogP contribution < -0.4 is 5.32 Å². The van der Waals surface area contributed by atoms with Crippen LogP contribution in [0.2, 0.25) is 0 Å². The lowest BCUT2D eigenvalue weighted by Crippen LogP contribution is -2.12. The van der Waals surface area contributed by atoms with Crippen LogP contribution in [0, 0.1) is 0 Å². The molecule has 0 bridgehead atoms. The third kappa shape index (κ3) is 3.29. The van der Waals surface area contributed by atoms with Gasteiger partial charge in [0.1, 0.15) is 6.10 Å². The normalized spacial score (nSPS) is 19.9. The minimum atomic E-state index is -4.32. The first-order valence-corrected chi connectivity index (χ1v) is 5.56. The topological polar surface area (TPSA) is 38.3 Å². The van der Waals surface area contributed by atoms with Gasteiger partial charge < -0.3 is 10.1 Å². The van der Waals surface area contributed by atoms with Gasteiger partial charge in [0, 0.05) is 4.90 Å². The van der Waals surface area contributed by atoms with E-state index in [1.54, 1.807) is 6.07 Å². The summed E-state index contributed by atoms with van der Waals surface area (Å²) in [5.74, 6) is 0. The number of amides is 1. The Morgan fingerprint density at radius 2 is 2.18 bits per heavy atom. The Balaban J connectivity index is 2.14. The molecule has 0 saturated carbocycles. The number of rotatable bonds is 2. The van der Waals surface area contributed by atoms with Crippen LogP contribution in [0.25, 0.3) is 0 Å². The second kappa shape index (κ2) is 4.48. The summed E-state index contributed by atoms with van der Waals surface area (Å²) in [7, 11) is 0. The molecule has 1 amide bonds. The molecule has 1 aromatic carbocycles. The maximum Gasteiger partial charge on any atom is 0.446 e. The van der Waals surface area contributed by atoms with Gasteiger partial charge >= 0.3 is 11.6 Å². The van der Waals surface area contributed by atoms with E-state index in [1.165, 1.54) is 18.2 Å². The zero-order chi connectivity index (χ0) is 12.5. The van der Waals surface area contributed by atoms with Crippen molar-refractivity contribution in [3.05, 3.63) is 29.8 Å². The Kier molecular flexibility index (Phi) is 3.19. The highest BCUT2D eigenvalue weighted by Crippen LogP contribution is 2.37. The smallest absolute Gasteiger partial charge is 0.439 e. The lowest BCUT2D eigenvalue weighted by Gasteiger charge is -2.10. The second-order valence-electron chi connectivity index (χ2n) is 3.40. The summed E-state index contributed by atoms with van der Waals surface area (Å²) in [5, 5.41) is 2.45. The van der Waals surface area contributed by atoms with E-state index < -0.39 is 17.7 Å². The van der Waals surface area contributed by atoms with Gasteiger partial charge in [-0.05, 0) is 29.5 Å². The number of carbonyl (C=O) groups is 1. The number of cyclic esters (lactones) is 1. The van der Waals surface area contributed by atoms with Crippen molar-refractivity contribution in [3.63, 3.8) is 0 Å². The number of hydrogen-bond donors (Lipinski definition) is 1. The van der Waals surface area contributed by atoms with Crippen molar-refractivity contribution in [3.8, 4) is 0 Å². The molecule has 0 aliphatic carbocycles. The number of thioether (sulfide) groups is 1. The van der Waals surface area contributed by atoms with Gasteiger partial charge in [0.05, 0.1) is 6.54 Å². The van der Waals surface area contributed by atoms with Gasteiger partial charge in [-0.25, -0.2) is 4.79 Å². The molecule has 3 nitrogen and oxygen atoms in total. The number of hydrogen-bond acceptors (Lipinski definition) is 3. The van der Waals surface area contributed by atoms with Crippen LogP contribution >= 0.6 is 11.8 Å². The SMILES string of the molecule is O=C1NCC(c2cccc(SC(F)(F)F)c2)O1. The summed E-state index contributed by atoms with van der Waals surface area (Å²) in [6, 6.07) is 5.88. The molecule has 7 heteroatoms. The first-order valence-electron chi connectivity index (χ1n) is 4.74. The molecule has 1 atom stereocenters. The summed E-state index contributed by atoms with van der Waals surface area (Å²) in [6.45, 7) is 0.277. The average molecular weight is 263 g/mol. The highest BCUT2D eigenvalue weighted by Gasteiger charge is 2.30. The lowest BCUT2D eigenvalue weighted by molar-refractivity contribution is -0.0328. The fourth-order valence-corrected chi connectivity index (χ4v) is 2.10. The van der Waals surface area contributed by atoms with Crippen LogP contribution in [-0.4, -0.2) is 18.1 Å². The fraction of sp³-hybridized carbons (Fsp3) is 0.300. The van der Waals surface area contributed by atoms with E-state index in [4.69, 9.17) is 4.74 Å². The number of benzene rings is 1. The first kappa shape index (κ1) is 12.1. The summed E-state index contributed by atoms with van der Waals surface area (Å²) in [6.07, 6.45) is -1.07. The van der Waals surface area contributed by atoms with Crippen LogP contribution in [0.15, 0.2) is 29.2 Å². The molecule has 1 N–H and O–H groups in total. The molecule has 92 valence electrons. The molecule has 0 aromatic heterocycles. The standard InChI is InChI=1S/C10H8F3NO2S/c11-10(12,13)17-7-3-1-2-6(4-7)8-5-14-9(15)16-8/h1-4,8H,5H2,(H,14,15). The monoisotopic (exact) mass is 263 g/mol. The number of ether oxygens (including phenoxy) is 1. The fourth-order valence-electron chi connectivity index (χ4n) is 1.49. The Morgan fingerprint density at radius 1 is 1.41 bits per heavy atom. The van der Waals surface area contributed by atoms with Gasteiger partial charge in [0.25, 0.3) is 0 Å². The van der Waals surface area contributed by atoms with Crippen molar-refractivity contribution >= 4 is 17.9 Å². The molecule has 0 spiro atoms. The predicted molar refractivity (Wildman–Crippen MR) is 55.6 cm³/mol. The number of carbonyl (C=O) groups excluding carboxylic acids is 1. The third-order valence-corrected chi connectivity index (χ3v) is 2.87. The van der Waals surface area contributed by atoms with Crippen molar-refractivity contribution in [2.45, 2.75) is 16.5 Å². The number of alkyl halides is 3. The van der Waals surface area contributed by atoms with E-state index >= 15 is 0 Å². The average Bonchev–Trinajstić information content (AvgIpc) is 2.63. The van der Waals surface area contributed by atoms with Gasteiger partial charge in [-0.2, -0.15) is 13.2 Å². The van der Waals surface area contributed by atoms with Gasteiger partial charge in [-0.15, -0.1) is 0 Å². The second-order valence-corrected chi connectivity index (χ2v) is 4.53. The Morgan fingerprint density at radius 3 is 2.76 bits per heavy atom. The van der Waals surface area contributed by atoms with E-state index in [0.717, 1.165) is 0 Å². The Bertz CT molecular complexity index is 436. The van der Waals surface area contributed by atoms with Crippen molar-refractivity contribution in [1.29, 1.82) is 0 Å². The van der Waals surface area contributed by atoms with Gasteiger partial charge in [-0.3, -0.25) is 0 Å². The van der Waals surface area contributed by atoms with Gasteiger partial charge in [0.2, 0.25) is 0 Å². The molecular formula is C10H8F3NO2S. The summed E-state index contributed by atoms with van der Waals surface area (Å²) >= 11 is -0.186. The van der Waals surface area contributed by atoms with E-state index in [1.807, 2.05) is 0 Å². The number of alkyl carbamates (subject to hydrolysis) is 1. The van der Waals surface area contributed by atoms with E-state index in [9.17, 15) is 18.0 Å². The zero-order valence-electron chi connectivity index (χ0n) is 8.45. The first-order chi connectivity index (χ1) is 7.94. The Labute approximate surface area is 99.3 Å². The lowest BCUT2D eigenvalue weighted by atomic mass is 10.1. The van der Waals surface area contributed by atoms with Crippen LogP contribution in [-0.2, 0) is 4.74 Å². The van der Waals surface area contributed by atoms with E-state index in [2.05, 4.69) is 5.32 Å². The molecule has 1 fully saturated rings. The summed E-state index contributed by atoms with van der Waals surface area (Å²) in [5.41, 5.74) is -3.76. The number of halogens is 3. The van der Waals surface area contributed by atoms with Gasteiger partial charge in [-0.1, -0.05) is 12.1 Å². The highest BCUT2D eigenvalue weighted by molar-refractivity contribution is 8.00. The largest absolute Gasteiger partial charge is 0.446 e. The maximum absolute atomic E-state index is 12.2. The van der Waals surface area contributed by atoms with Crippen LogP contribution in [0.5, 0.6) is 0 Å². The van der Waals surface area contributed by atoms with Crippen LogP contribution in [0.1, 0.15) is 11.7 Å². The molecule has 0 radical (unpaired) electrons. The third-order valence-electron chi connectivity index (χ3n) is 2.14. The molecule has 1 aliphatic heterocycles. The molecule has 1 aliphatic rings. The number of nitrogens with one attached hydrogen (secondary N) is 1. The van der Waals surface area contributed by atoms with Crippen molar-refractivity contribution in [2.75, 3.05) is 6.54 Å². The van der Waals surface area contributed by atoms with E-state index in [-0.39, 0.29) is 23.2 Å². The molecule has 1 aromatic rings. The predicted octanol–water partition coefficient (Wildman–Crippen LogP) is 3.08. The molecule has 1 saturated heterocycles. The quantitative estimate of drug-likeness (QED) is 0.833. The molecular weight excluding hydrogens is 255 g/mol. The van der Waals surface area contributed by atoms with Crippen molar-refractivity contribution in [1.82, 2.24) is 5.32 Å². The van der Waals surface area contributed by atoms with Crippen molar-refractivity contribution in [2.24, 2.45) is 0 Å². The van der Waals surface area contributed by atoms with Crippen molar-refractivity contribution < 1.29 is 22.7 Å². The van der Waals surface area contributed by atoms with Crippen LogP contribution in [0.4, 0.5) is 18.0 Å². The highest BCUT2D eigenvalue weighted by atomic mass is 32.2. The Hall–Kier alpha value is -1.37. The summed E-state index contributed by atoms with van der Waals surface area (Å²) in [4.78, 5) is 10.9. The van der Waals surface area contributed by atoms with E-state index in [0.29, 0.717) is 5.56 Å². The molecule has 2 rings (SSSR count). The maximum atomic E-state index is 12.2. The van der Waals surface area contributed by atoms with Crippen LogP contribution in [0.3, 0.4) is 0 Å².